The Bertz CT molecular complexity index is 1350. The van der Waals surface area contributed by atoms with Crippen LogP contribution in [0.25, 0.3) is 16.9 Å². The lowest BCUT2D eigenvalue weighted by atomic mass is 10.1. The van der Waals surface area contributed by atoms with Gasteiger partial charge in [0.05, 0.1) is 24.1 Å². The van der Waals surface area contributed by atoms with E-state index in [0.29, 0.717) is 27.9 Å². The van der Waals surface area contributed by atoms with E-state index < -0.39 is 0 Å². The molecule has 0 unspecified atom stereocenters. The van der Waals surface area contributed by atoms with Crippen LogP contribution in [-0.4, -0.2) is 36.7 Å². The molecule has 2 aromatic carbocycles. The molecule has 0 saturated heterocycles. The number of tetrazole rings is 1. The molecule has 0 bridgehead atoms. The third-order valence-electron chi connectivity index (χ3n) is 5.30. The van der Waals surface area contributed by atoms with Crippen LogP contribution in [0.4, 0.5) is 0 Å². The monoisotopic (exact) mass is 454 g/mol. The summed E-state index contributed by atoms with van der Waals surface area (Å²) in [6.07, 6.45) is 0. The largest absolute Gasteiger partial charge is 0.496 e. The van der Waals surface area contributed by atoms with Gasteiger partial charge in [0.25, 0.3) is 0 Å². The van der Waals surface area contributed by atoms with E-state index in [1.807, 2.05) is 45.2 Å². The number of benzene rings is 2. The van der Waals surface area contributed by atoms with E-state index in [4.69, 9.17) is 21.1 Å². The number of aryl methyl sites for hydroxylation is 3. The van der Waals surface area contributed by atoms with Gasteiger partial charge in [-0.15, -0.1) is 0 Å². The molecule has 4 aromatic rings. The van der Waals surface area contributed by atoms with Gasteiger partial charge in [0.2, 0.25) is 0 Å². The van der Waals surface area contributed by atoms with Gasteiger partial charge in [-0.05, 0) is 60.2 Å². The van der Waals surface area contributed by atoms with Crippen LogP contribution in [0, 0.1) is 13.8 Å². The molecule has 0 amide bonds. The van der Waals surface area contributed by atoms with Gasteiger partial charge in [-0.2, -0.15) is 14.5 Å². The standard InChI is InChI=1S/C22H23ClN6O3/c1-13-11-15(20-14(2)21(23)27(3)24-20)9-10-18(13)32-12-16-17(7-6-8-19(16)31-5)29-22(30)28(4)25-26-29/h6-11H,12H2,1-5H3. The van der Waals surface area contributed by atoms with Crippen LogP contribution in [0.1, 0.15) is 16.7 Å². The highest BCUT2D eigenvalue weighted by molar-refractivity contribution is 6.30. The van der Waals surface area contributed by atoms with Gasteiger partial charge in [-0.3, -0.25) is 4.68 Å². The molecule has 0 atom stereocenters. The van der Waals surface area contributed by atoms with Crippen molar-refractivity contribution in [2.75, 3.05) is 7.11 Å². The minimum Gasteiger partial charge on any atom is -0.496 e. The predicted molar refractivity (Wildman–Crippen MR) is 121 cm³/mol. The molecule has 0 aliphatic heterocycles. The molecule has 0 aliphatic rings. The molecular weight excluding hydrogens is 432 g/mol. The summed E-state index contributed by atoms with van der Waals surface area (Å²) in [7, 11) is 4.93. The topological polar surface area (TPSA) is 89.0 Å². The van der Waals surface area contributed by atoms with E-state index >= 15 is 0 Å². The SMILES string of the molecule is COc1cccc(-n2nnn(C)c2=O)c1COc1ccc(-c2nn(C)c(Cl)c2C)cc1C. The molecule has 0 fully saturated rings. The predicted octanol–water partition coefficient (Wildman–Crippen LogP) is 3.22. The van der Waals surface area contributed by atoms with Crippen molar-refractivity contribution in [2.45, 2.75) is 20.5 Å². The first kappa shape index (κ1) is 21.6. The Morgan fingerprint density at radius 2 is 1.81 bits per heavy atom. The molecule has 9 nitrogen and oxygen atoms in total. The van der Waals surface area contributed by atoms with Crippen LogP contribution in [-0.2, 0) is 20.7 Å². The summed E-state index contributed by atoms with van der Waals surface area (Å²) in [5.41, 5.74) is 4.54. The minimum atomic E-state index is -0.357. The average molecular weight is 455 g/mol. The Kier molecular flexibility index (Phi) is 5.75. The van der Waals surface area contributed by atoms with Gasteiger partial charge in [-0.25, -0.2) is 4.79 Å². The lowest BCUT2D eigenvalue weighted by Crippen LogP contribution is -2.23. The van der Waals surface area contributed by atoms with E-state index in [9.17, 15) is 4.79 Å². The van der Waals surface area contributed by atoms with Gasteiger partial charge >= 0.3 is 5.69 Å². The number of halogens is 1. The Morgan fingerprint density at radius 3 is 2.41 bits per heavy atom. The second kappa shape index (κ2) is 8.51. The summed E-state index contributed by atoms with van der Waals surface area (Å²) in [5.74, 6) is 1.30. The maximum atomic E-state index is 12.4. The fourth-order valence-corrected chi connectivity index (χ4v) is 3.67. The molecule has 4 rings (SSSR count). The van der Waals surface area contributed by atoms with Gasteiger partial charge in [0.15, 0.2) is 0 Å². The van der Waals surface area contributed by atoms with Crippen molar-refractivity contribution in [2.24, 2.45) is 14.1 Å². The van der Waals surface area contributed by atoms with E-state index in [-0.39, 0.29) is 12.3 Å². The molecule has 32 heavy (non-hydrogen) atoms. The third-order valence-corrected chi connectivity index (χ3v) is 5.83. The summed E-state index contributed by atoms with van der Waals surface area (Å²) in [4.78, 5) is 12.4. The molecule has 0 aliphatic carbocycles. The summed E-state index contributed by atoms with van der Waals surface area (Å²) in [6, 6.07) is 11.2. The highest BCUT2D eigenvalue weighted by Crippen LogP contribution is 2.32. The highest BCUT2D eigenvalue weighted by Gasteiger charge is 2.17. The first-order valence-corrected chi connectivity index (χ1v) is 10.3. The quantitative estimate of drug-likeness (QED) is 0.444. The summed E-state index contributed by atoms with van der Waals surface area (Å²) < 4.78 is 15.7. The third kappa shape index (κ3) is 3.75. The van der Waals surface area contributed by atoms with Crippen molar-refractivity contribution >= 4 is 11.6 Å². The van der Waals surface area contributed by atoms with Gasteiger partial charge in [-0.1, -0.05) is 17.7 Å². The maximum absolute atomic E-state index is 12.4. The van der Waals surface area contributed by atoms with Crippen LogP contribution >= 0.6 is 11.6 Å². The molecular formula is C22H23ClN6O3. The van der Waals surface area contributed by atoms with Crippen LogP contribution in [0.15, 0.2) is 41.2 Å². The first-order valence-electron chi connectivity index (χ1n) is 9.90. The number of hydrogen-bond acceptors (Lipinski definition) is 6. The number of rotatable bonds is 6. The Labute approximate surface area is 189 Å². The van der Waals surface area contributed by atoms with Crippen LogP contribution < -0.4 is 15.2 Å². The van der Waals surface area contributed by atoms with E-state index in [0.717, 1.165) is 22.4 Å². The van der Waals surface area contributed by atoms with E-state index in [1.165, 1.54) is 9.36 Å². The smallest absolute Gasteiger partial charge is 0.368 e. The zero-order valence-corrected chi connectivity index (χ0v) is 19.2. The average Bonchev–Trinajstić information content (AvgIpc) is 3.25. The molecule has 2 heterocycles. The second-order valence-electron chi connectivity index (χ2n) is 7.41. The zero-order chi connectivity index (χ0) is 23.0. The molecule has 2 aromatic heterocycles. The molecule has 0 N–H and O–H groups in total. The molecule has 0 spiro atoms. The van der Waals surface area contributed by atoms with Crippen molar-refractivity contribution in [1.82, 2.24) is 29.6 Å². The van der Waals surface area contributed by atoms with Crippen LogP contribution in [0.2, 0.25) is 5.15 Å². The highest BCUT2D eigenvalue weighted by atomic mass is 35.5. The molecule has 10 heteroatoms. The molecule has 166 valence electrons. The molecule has 0 radical (unpaired) electrons. The molecule has 0 saturated carbocycles. The lowest BCUT2D eigenvalue weighted by molar-refractivity contribution is 0.294. The van der Waals surface area contributed by atoms with Crippen molar-refractivity contribution < 1.29 is 9.47 Å². The van der Waals surface area contributed by atoms with Gasteiger partial charge in [0, 0.05) is 25.2 Å². The van der Waals surface area contributed by atoms with Crippen molar-refractivity contribution in [3.05, 3.63) is 68.7 Å². The number of hydrogen-bond donors (Lipinski definition) is 0. The second-order valence-corrected chi connectivity index (χ2v) is 7.77. The Hall–Kier alpha value is -3.59. The normalized spacial score (nSPS) is 11.1. The zero-order valence-electron chi connectivity index (χ0n) is 18.5. The Balaban J connectivity index is 1.65. The fraction of sp³-hybridized carbons (Fsp3) is 0.273. The van der Waals surface area contributed by atoms with E-state index in [1.54, 1.807) is 31.0 Å². The van der Waals surface area contributed by atoms with Crippen LogP contribution in [0.5, 0.6) is 11.5 Å². The number of methoxy groups -OCH3 is 1. The summed E-state index contributed by atoms with van der Waals surface area (Å²) in [5, 5.41) is 12.9. The summed E-state index contributed by atoms with van der Waals surface area (Å²) in [6.45, 7) is 4.09. The number of ether oxygens (including phenoxy) is 2. The van der Waals surface area contributed by atoms with E-state index in [2.05, 4.69) is 15.5 Å². The Morgan fingerprint density at radius 1 is 1.03 bits per heavy atom. The van der Waals surface area contributed by atoms with Crippen LogP contribution in [0.3, 0.4) is 0 Å². The lowest BCUT2D eigenvalue weighted by Gasteiger charge is -2.15. The van der Waals surface area contributed by atoms with Crippen molar-refractivity contribution in [3.63, 3.8) is 0 Å². The van der Waals surface area contributed by atoms with Gasteiger partial charge < -0.3 is 9.47 Å². The van der Waals surface area contributed by atoms with Crippen molar-refractivity contribution in [3.8, 4) is 28.4 Å². The maximum Gasteiger partial charge on any atom is 0.368 e. The minimum absolute atomic E-state index is 0.178. The van der Waals surface area contributed by atoms with Crippen molar-refractivity contribution in [1.29, 1.82) is 0 Å². The first-order chi connectivity index (χ1) is 15.3. The number of nitrogens with zero attached hydrogens (tertiary/aromatic N) is 6. The fourth-order valence-electron chi connectivity index (χ4n) is 3.55. The number of aromatic nitrogens is 6. The van der Waals surface area contributed by atoms with Gasteiger partial charge in [0.1, 0.15) is 23.3 Å². The summed E-state index contributed by atoms with van der Waals surface area (Å²) >= 11 is 6.27.